The normalized spacial score (nSPS) is 12.5. The zero-order valence-corrected chi connectivity index (χ0v) is 9.60. The van der Waals surface area contributed by atoms with Crippen molar-refractivity contribution in [3.8, 4) is 5.75 Å². The molecule has 1 amide bonds. The van der Waals surface area contributed by atoms with Gasteiger partial charge in [-0.15, -0.1) is 0 Å². The van der Waals surface area contributed by atoms with E-state index in [-0.39, 0.29) is 11.7 Å². The van der Waals surface area contributed by atoms with Gasteiger partial charge in [-0.05, 0) is 24.5 Å². The molecular formula is C12H18N2O2. The number of nitrogens with two attached hydrogens (primary N) is 1. The molecule has 1 rings (SSSR count). The summed E-state index contributed by atoms with van der Waals surface area (Å²) in [5.74, 6) is 0.277. The maximum Gasteiger partial charge on any atom is 0.241 e. The van der Waals surface area contributed by atoms with Crippen molar-refractivity contribution in [2.24, 2.45) is 11.7 Å². The Balaban J connectivity index is 2.57. The first-order chi connectivity index (χ1) is 7.49. The van der Waals surface area contributed by atoms with E-state index in [1.807, 2.05) is 13.8 Å². The second-order valence-corrected chi connectivity index (χ2v) is 4.28. The zero-order chi connectivity index (χ0) is 12.1. The number of nitrogens with one attached hydrogen (secondary N) is 1. The number of carbonyl (C=O) groups excluding carboxylic acids is 1. The summed E-state index contributed by atoms with van der Waals surface area (Å²) >= 11 is 0. The van der Waals surface area contributed by atoms with Crippen LogP contribution in [0.15, 0.2) is 24.3 Å². The minimum Gasteiger partial charge on any atom is -0.508 e. The van der Waals surface area contributed by atoms with Crippen molar-refractivity contribution in [1.82, 2.24) is 0 Å². The largest absolute Gasteiger partial charge is 0.508 e. The Kier molecular flexibility index (Phi) is 4.31. The first kappa shape index (κ1) is 12.5. The van der Waals surface area contributed by atoms with Gasteiger partial charge < -0.3 is 16.2 Å². The van der Waals surface area contributed by atoms with E-state index < -0.39 is 6.04 Å². The summed E-state index contributed by atoms with van der Waals surface area (Å²) in [5, 5.41) is 11.9. The highest BCUT2D eigenvalue weighted by Gasteiger charge is 2.14. The highest BCUT2D eigenvalue weighted by molar-refractivity contribution is 5.94. The molecule has 1 aromatic rings. The number of aromatic hydroxyl groups is 1. The van der Waals surface area contributed by atoms with Crippen LogP contribution in [0.2, 0.25) is 0 Å². The standard InChI is InChI=1S/C12H18N2O2/c1-8(2)6-11(13)12(16)14-9-4-3-5-10(15)7-9/h3-5,7-8,11,15H,6,13H2,1-2H3,(H,14,16). The molecule has 0 heterocycles. The van der Waals surface area contributed by atoms with Crippen LogP contribution in [0.1, 0.15) is 20.3 Å². The lowest BCUT2D eigenvalue weighted by molar-refractivity contribution is -0.117. The number of rotatable bonds is 4. The molecule has 0 aliphatic carbocycles. The molecule has 4 N–H and O–H groups in total. The topological polar surface area (TPSA) is 75.4 Å². The minimum absolute atomic E-state index is 0.121. The van der Waals surface area contributed by atoms with Gasteiger partial charge in [0.2, 0.25) is 5.91 Å². The Labute approximate surface area is 95.5 Å². The van der Waals surface area contributed by atoms with E-state index in [1.165, 1.54) is 6.07 Å². The second kappa shape index (κ2) is 5.51. The molecule has 0 bridgehead atoms. The molecule has 0 aromatic heterocycles. The lowest BCUT2D eigenvalue weighted by Gasteiger charge is -2.14. The first-order valence-electron chi connectivity index (χ1n) is 5.34. The predicted octanol–water partition coefficient (Wildman–Crippen LogP) is 1.70. The van der Waals surface area contributed by atoms with Crippen LogP contribution in [-0.4, -0.2) is 17.1 Å². The SMILES string of the molecule is CC(C)CC(N)C(=O)Nc1cccc(O)c1. The molecule has 4 nitrogen and oxygen atoms in total. The third-order valence-electron chi connectivity index (χ3n) is 2.18. The van der Waals surface area contributed by atoms with Crippen molar-refractivity contribution in [1.29, 1.82) is 0 Å². The summed E-state index contributed by atoms with van der Waals surface area (Å²) in [6.45, 7) is 4.03. The van der Waals surface area contributed by atoms with Crippen LogP contribution in [0.3, 0.4) is 0 Å². The van der Waals surface area contributed by atoms with Crippen LogP contribution in [0.4, 0.5) is 5.69 Å². The van der Waals surface area contributed by atoms with Crippen molar-refractivity contribution in [3.63, 3.8) is 0 Å². The lowest BCUT2D eigenvalue weighted by atomic mass is 10.0. The van der Waals surface area contributed by atoms with Gasteiger partial charge in [0.1, 0.15) is 5.75 Å². The molecule has 16 heavy (non-hydrogen) atoms. The summed E-state index contributed by atoms with van der Waals surface area (Å²) in [5.41, 5.74) is 6.29. The number of hydrogen-bond donors (Lipinski definition) is 3. The molecule has 0 aliphatic heterocycles. The molecule has 1 unspecified atom stereocenters. The van der Waals surface area contributed by atoms with E-state index in [4.69, 9.17) is 5.73 Å². The number of benzene rings is 1. The highest BCUT2D eigenvalue weighted by atomic mass is 16.3. The van der Waals surface area contributed by atoms with Crippen molar-refractivity contribution < 1.29 is 9.90 Å². The van der Waals surface area contributed by atoms with Gasteiger partial charge in [0.15, 0.2) is 0 Å². The highest BCUT2D eigenvalue weighted by Crippen LogP contribution is 2.15. The molecule has 0 saturated carbocycles. The number of phenolic OH excluding ortho intramolecular Hbond substituents is 1. The Morgan fingerprint density at radius 3 is 2.75 bits per heavy atom. The molecule has 1 atom stereocenters. The van der Waals surface area contributed by atoms with Crippen LogP contribution in [0, 0.1) is 5.92 Å². The Bertz CT molecular complexity index is 364. The Morgan fingerprint density at radius 1 is 1.50 bits per heavy atom. The van der Waals surface area contributed by atoms with Crippen molar-refractivity contribution in [3.05, 3.63) is 24.3 Å². The predicted molar refractivity (Wildman–Crippen MR) is 64.2 cm³/mol. The second-order valence-electron chi connectivity index (χ2n) is 4.28. The molecular weight excluding hydrogens is 204 g/mol. The van der Waals surface area contributed by atoms with Crippen LogP contribution < -0.4 is 11.1 Å². The summed E-state index contributed by atoms with van der Waals surface area (Å²) in [6, 6.07) is 5.89. The Morgan fingerprint density at radius 2 is 2.19 bits per heavy atom. The molecule has 0 aliphatic rings. The van der Waals surface area contributed by atoms with Crippen LogP contribution in [0.25, 0.3) is 0 Å². The Hall–Kier alpha value is -1.55. The number of carbonyl (C=O) groups is 1. The third-order valence-corrected chi connectivity index (χ3v) is 2.18. The van der Waals surface area contributed by atoms with Crippen molar-refractivity contribution in [2.45, 2.75) is 26.3 Å². The molecule has 0 radical (unpaired) electrons. The third kappa shape index (κ3) is 3.90. The van der Waals surface area contributed by atoms with Gasteiger partial charge in [0.25, 0.3) is 0 Å². The fourth-order valence-corrected chi connectivity index (χ4v) is 1.43. The van der Waals surface area contributed by atoms with Crippen molar-refractivity contribution >= 4 is 11.6 Å². The molecule has 0 saturated heterocycles. The van der Waals surface area contributed by atoms with E-state index in [9.17, 15) is 9.90 Å². The number of anilines is 1. The molecule has 4 heteroatoms. The van der Waals surface area contributed by atoms with E-state index in [0.29, 0.717) is 18.0 Å². The summed E-state index contributed by atoms with van der Waals surface area (Å²) in [7, 11) is 0. The van der Waals surface area contributed by atoms with Gasteiger partial charge in [0, 0.05) is 11.8 Å². The fraction of sp³-hybridized carbons (Fsp3) is 0.417. The molecule has 0 spiro atoms. The average Bonchev–Trinajstić information content (AvgIpc) is 2.16. The van der Waals surface area contributed by atoms with Gasteiger partial charge >= 0.3 is 0 Å². The van der Waals surface area contributed by atoms with Gasteiger partial charge in [-0.2, -0.15) is 0 Å². The van der Waals surface area contributed by atoms with Crippen LogP contribution in [-0.2, 0) is 4.79 Å². The van der Waals surface area contributed by atoms with Gasteiger partial charge in [-0.1, -0.05) is 19.9 Å². The molecule has 88 valence electrons. The van der Waals surface area contributed by atoms with Crippen LogP contribution in [0.5, 0.6) is 5.75 Å². The van der Waals surface area contributed by atoms with E-state index in [2.05, 4.69) is 5.32 Å². The first-order valence-corrected chi connectivity index (χ1v) is 5.34. The lowest BCUT2D eigenvalue weighted by Crippen LogP contribution is -2.36. The number of amides is 1. The van der Waals surface area contributed by atoms with Crippen LogP contribution >= 0.6 is 0 Å². The summed E-state index contributed by atoms with van der Waals surface area (Å²) in [4.78, 5) is 11.6. The van der Waals surface area contributed by atoms with Gasteiger partial charge in [0.05, 0.1) is 6.04 Å². The average molecular weight is 222 g/mol. The van der Waals surface area contributed by atoms with Gasteiger partial charge in [-0.25, -0.2) is 0 Å². The van der Waals surface area contributed by atoms with Gasteiger partial charge in [-0.3, -0.25) is 4.79 Å². The maximum atomic E-state index is 11.6. The minimum atomic E-state index is -0.512. The monoisotopic (exact) mass is 222 g/mol. The van der Waals surface area contributed by atoms with E-state index in [0.717, 1.165) is 0 Å². The summed E-state index contributed by atoms with van der Waals surface area (Å²) < 4.78 is 0. The fourth-order valence-electron chi connectivity index (χ4n) is 1.43. The summed E-state index contributed by atoms with van der Waals surface area (Å²) in [6.07, 6.45) is 0.644. The maximum absolute atomic E-state index is 11.6. The number of hydrogen-bond acceptors (Lipinski definition) is 3. The zero-order valence-electron chi connectivity index (χ0n) is 9.60. The molecule has 1 aromatic carbocycles. The van der Waals surface area contributed by atoms with E-state index >= 15 is 0 Å². The quantitative estimate of drug-likeness (QED) is 0.725. The smallest absolute Gasteiger partial charge is 0.241 e. The number of phenols is 1. The van der Waals surface area contributed by atoms with E-state index in [1.54, 1.807) is 18.2 Å². The molecule has 0 fully saturated rings. The van der Waals surface area contributed by atoms with Crippen molar-refractivity contribution in [2.75, 3.05) is 5.32 Å².